The molecule has 4 atom stereocenters. The highest BCUT2D eigenvalue weighted by Gasteiger charge is 2.46. The van der Waals surface area contributed by atoms with E-state index in [-0.39, 0.29) is 30.0 Å². The third-order valence-corrected chi connectivity index (χ3v) is 6.69. The van der Waals surface area contributed by atoms with Crippen LogP contribution in [0.4, 0.5) is 0 Å². The van der Waals surface area contributed by atoms with Crippen LogP contribution in [0.1, 0.15) is 28.3 Å². The van der Waals surface area contributed by atoms with E-state index in [1.807, 2.05) is 72.8 Å². The molecule has 4 aromatic carbocycles. The van der Waals surface area contributed by atoms with E-state index in [1.165, 1.54) is 0 Å². The minimum Gasteiger partial charge on any atom is -0.508 e. The van der Waals surface area contributed by atoms with Crippen LogP contribution in [0.25, 0.3) is 0 Å². The molecule has 5 heteroatoms. The molecule has 1 aliphatic heterocycles. The van der Waals surface area contributed by atoms with Crippen LogP contribution in [0.3, 0.4) is 0 Å². The van der Waals surface area contributed by atoms with E-state index in [9.17, 15) is 5.11 Å². The van der Waals surface area contributed by atoms with Gasteiger partial charge >= 0.3 is 0 Å². The summed E-state index contributed by atoms with van der Waals surface area (Å²) in [4.78, 5) is 0. The van der Waals surface area contributed by atoms with Crippen LogP contribution in [-0.4, -0.2) is 30.0 Å². The average molecular weight is 496 g/mol. The molecule has 0 radical (unpaired) electrons. The summed E-state index contributed by atoms with van der Waals surface area (Å²) < 4.78 is 19.3. The van der Waals surface area contributed by atoms with Crippen molar-refractivity contribution < 1.29 is 19.3 Å². The molecule has 1 fully saturated rings. The highest BCUT2D eigenvalue weighted by atomic mass is 16.5. The second kappa shape index (κ2) is 12.7. The van der Waals surface area contributed by atoms with Crippen molar-refractivity contribution in [1.29, 1.82) is 0 Å². The van der Waals surface area contributed by atoms with Crippen molar-refractivity contribution in [1.82, 2.24) is 5.32 Å². The molecule has 0 spiro atoms. The van der Waals surface area contributed by atoms with E-state index in [4.69, 9.17) is 14.2 Å². The molecule has 5 rings (SSSR count). The monoisotopic (exact) mass is 495 g/mol. The Balaban J connectivity index is 1.38. The molecular weight excluding hydrogens is 462 g/mol. The maximum Gasteiger partial charge on any atom is 0.120 e. The number of hydrogen-bond acceptors (Lipinski definition) is 5. The molecule has 190 valence electrons. The number of phenolic OH excluding ortho intramolecular Hbond substituents is 1. The summed E-state index contributed by atoms with van der Waals surface area (Å²) >= 11 is 0. The summed E-state index contributed by atoms with van der Waals surface area (Å²) in [7, 11) is 0. The molecule has 0 unspecified atom stereocenters. The molecule has 0 aliphatic carbocycles. The molecule has 37 heavy (non-hydrogen) atoms. The zero-order chi connectivity index (χ0) is 25.3. The lowest BCUT2D eigenvalue weighted by molar-refractivity contribution is -0.0862. The van der Waals surface area contributed by atoms with Crippen LogP contribution >= 0.6 is 0 Å². The van der Waals surface area contributed by atoms with Gasteiger partial charge in [-0.15, -0.1) is 0 Å². The molecule has 0 amide bonds. The molecule has 0 saturated carbocycles. The van der Waals surface area contributed by atoms with Crippen LogP contribution in [-0.2, 0) is 34.0 Å². The standard InChI is InChI=1S/C32H33NO4/c34-29-19-11-10-18-27(29)30-32(37-22-26-16-8-3-9-17-26)31(36-21-25-14-6-2-7-15-25)28(33-30)23-35-20-24-12-4-1-5-13-24/h1-19,28,30-34H,20-23H2/t28-,30-,31-,32-/m0/s1. The van der Waals surface area contributed by atoms with Crippen molar-refractivity contribution in [3.8, 4) is 5.75 Å². The topological polar surface area (TPSA) is 60.0 Å². The first-order valence-corrected chi connectivity index (χ1v) is 12.7. The van der Waals surface area contributed by atoms with E-state index in [0.717, 1.165) is 22.3 Å². The lowest BCUT2D eigenvalue weighted by Gasteiger charge is -2.27. The van der Waals surface area contributed by atoms with Gasteiger partial charge in [-0.25, -0.2) is 0 Å². The number of nitrogens with one attached hydrogen (secondary N) is 1. The van der Waals surface area contributed by atoms with Gasteiger partial charge in [-0.05, 0) is 22.8 Å². The van der Waals surface area contributed by atoms with Crippen molar-refractivity contribution in [3.05, 3.63) is 138 Å². The van der Waals surface area contributed by atoms with E-state index < -0.39 is 0 Å². The molecule has 4 aromatic rings. The van der Waals surface area contributed by atoms with Crippen molar-refractivity contribution in [2.45, 2.75) is 44.1 Å². The predicted molar refractivity (Wildman–Crippen MR) is 144 cm³/mol. The van der Waals surface area contributed by atoms with Gasteiger partial charge in [0.1, 0.15) is 18.0 Å². The molecular formula is C32H33NO4. The quantitative estimate of drug-likeness (QED) is 0.276. The lowest BCUT2D eigenvalue weighted by atomic mass is 9.99. The number of hydrogen-bond donors (Lipinski definition) is 2. The molecule has 1 heterocycles. The molecule has 2 N–H and O–H groups in total. The Morgan fingerprint density at radius 3 is 1.62 bits per heavy atom. The van der Waals surface area contributed by atoms with E-state index in [0.29, 0.717) is 26.4 Å². The summed E-state index contributed by atoms with van der Waals surface area (Å²) in [6, 6.07) is 37.4. The van der Waals surface area contributed by atoms with Gasteiger partial charge in [0.2, 0.25) is 0 Å². The number of rotatable bonds is 11. The fourth-order valence-corrected chi connectivity index (χ4v) is 4.81. The predicted octanol–water partition coefficient (Wildman–Crippen LogP) is 5.79. The van der Waals surface area contributed by atoms with Gasteiger partial charge in [0.15, 0.2) is 0 Å². The second-order valence-corrected chi connectivity index (χ2v) is 9.33. The highest BCUT2D eigenvalue weighted by Crippen LogP contribution is 2.37. The molecule has 1 aliphatic rings. The molecule has 1 saturated heterocycles. The van der Waals surface area contributed by atoms with Gasteiger partial charge in [-0.1, -0.05) is 109 Å². The van der Waals surface area contributed by atoms with Crippen LogP contribution < -0.4 is 5.32 Å². The normalized spacial score (nSPS) is 21.2. The van der Waals surface area contributed by atoms with Crippen molar-refractivity contribution in [3.63, 3.8) is 0 Å². The van der Waals surface area contributed by atoms with E-state index in [2.05, 4.69) is 41.7 Å². The van der Waals surface area contributed by atoms with Crippen LogP contribution in [0.15, 0.2) is 115 Å². The van der Waals surface area contributed by atoms with Crippen molar-refractivity contribution >= 4 is 0 Å². The van der Waals surface area contributed by atoms with Crippen LogP contribution in [0, 0.1) is 0 Å². The second-order valence-electron chi connectivity index (χ2n) is 9.33. The Bertz CT molecular complexity index is 1220. The van der Waals surface area contributed by atoms with Crippen LogP contribution in [0.5, 0.6) is 5.75 Å². The highest BCUT2D eigenvalue weighted by molar-refractivity contribution is 5.37. The summed E-state index contributed by atoms with van der Waals surface area (Å²) in [6.45, 7) is 1.87. The van der Waals surface area contributed by atoms with Crippen molar-refractivity contribution in [2.24, 2.45) is 0 Å². The maximum atomic E-state index is 10.7. The zero-order valence-corrected chi connectivity index (χ0v) is 20.8. The smallest absolute Gasteiger partial charge is 0.120 e. The van der Waals surface area contributed by atoms with Gasteiger partial charge in [0.25, 0.3) is 0 Å². The Kier molecular flexibility index (Phi) is 8.62. The Labute approximate surface area is 218 Å². The number of benzene rings is 4. The lowest BCUT2D eigenvalue weighted by Crippen LogP contribution is -2.39. The first kappa shape index (κ1) is 25.2. The summed E-state index contributed by atoms with van der Waals surface area (Å²) in [5.41, 5.74) is 4.10. The van der Waals surface area contributed by atoms with Gasteiger partial charge in [0.05, 0.1) is 38.5 Å². The average Bonchev–Trinajstić information content (AvgIpc) is 3.29. The first-order chi connectivity index (χ1) is 18.3. The fourth-order valence-electron chi connectivity index (χ4n) is 4.81. The number of aromatic hydroxyl groups is 1. The fraction of sp³-hybridized carbons (Fsp3) is 0.250. The van der Waals surface area contributed by atoms with E-state index in [1.54, 1.807) is 6.07 Å². The van der Waals surface area contributed by atoms with Gasteiger partial charge < -0.3 is 24.6 Å². The number of para-hydroxylation sites is 1. The van der Waals surface area contributed by atoms with Gasteiger partial charge in [0, 0.05) is 5.56 Å². The first-order valence-electron chi connectivity index (χ1n) is 12.7. The molecule has 0 aromatic heterocycles. The summed E-state index contributed by atoms with van der Waals surface area (Å²) in [5, 5.41) is 14.4. The third-order valence-electron chi connectivity index (χ3n) is 6.69. The van der Waals surface area contributed by atoms with Crippen LogP contribution in [0.2, 0.25) is 0 Å². The largest absolute Gasteiger partial charge is 0.508 e. The Morgan fingerprint density at radius 1 is 0.568 bits per heavy atom. The number of ether oxygens (including phenoxy) is 3. The minimum absolute atomic E-state index is 0.127. The minimum atomic E-state index is -0.331. The summed E-state index contributed by atoms with van der Waals surface area (Å²) in [6.07, 6.45) is -0.619. The molecule has 5 nitrogen and oxygen atoms in total. The summed E-state index contributed by atoms with van der Waals surface area (Å²) in [5.74, 6) is 0.237. The third kappa shape index (κ3) is 6.64. The van der Waals surface area contributed by atoms with Gasteiger partial charge in [-0.3, -0.25) is 0 Å². The van der Waals surface area contributed by atoms with E-state index >= 15 is 0 Å². The molecule has 0 bridgehead atoms. The SMILES string of the molecule is Oc1ccccc1[C@@H]1N[C@@H](COCc2ccccc2)[C@H](OCc2ccccc2)[C@H]1OCc1ccccc1. The Hall–Kier alpha value is -3.48. The number of phenols is 1. The Morgan fingerprint density at radius 2 is 1.05 bits per heavy atom. The van der Waals surface area contributed by atoms with Gasteiger partial charge in [-0.2, -0.15) is 0 Å². The zero-order valence-electron chi connectivity index (χ0n) is 20.8. The maximum absolute atomic E-state index is 10.7. The van der Waals surface area contributed by atoms with Crippen molar-refractivity contribution in [2.75, 3.05) is 6.61 Å².